The lowest BCUT2D eigenvalue weighted by Gasteiger charge is -2.08. The molecular weight excluding hydrogens is 242 g/mol. The summed E-state index contributed by atoms with van der Waals surface area (Å²) in [7, 11) is 0. The summed E-state index contributed by atoms with van der Waals surface area (Å²) in [6.45, 7) is 2.56. The molecule has 0 spiro atoms. The van der Waals surface area contributed by atoms with E-state index in [4.69, 9.17) is 4.52 Å². The van der Waals surface area contributed by atoms with Crippen molar-refractivity contribution in [1.29, 1.82) is 0 Å². The van der Waals surface area contributed by atoms with Gasteiger partial charge in [0.25, 0.3) is 0 Å². The van der Waals surface area contributed by atoms with Gasteiger partial charge in [-0.3, -0.25) is 0 Å². The van der Waals surface area contributed by atoms with E-state index in [0.717, 1.165) is 5.56 Å². The molecule has 0 aliphatic heterocycles. The Kier molecular flexibility index (Phi) is 3.50. The van der Waals surface area contributed by atoms with E-state index in [2.05, 4.69) is 25.4 Å². The second-order valence-electron chi connectivity index (χ2n) is 4.96. The fourth-order valence-electron chi connectivity index (χ4n) is 2.29. The standard InChI is InChI=1S/C13H17N5O/c1-9-6-15-12(16-7-9)13-17-11(19-18-13)8-14-10-4-2-3-5-10/h6-7,10,14H,2-5,8H2,1H3. The van der Waals surface area contributed by atoms with Crippen molar-refractivity contribution in [1.82, 2.24) is 25.4 Å². The summed E-state index contributed by atoms with van der Waals surface area (Å²) >= 11 is 0. The van der Waals surface area contributed by atoms with E-state index in [1.54, 1.807) is 12.4 Å². The maximum atomic E-state index is 5.21. The third-order valence-corrected chi connectivity index (χ3v) is 3.35. The zero-order chi connectivity index (χ0) is 13.1. The van der Waals surface area contributed by atoms with Gasteiger partial charge in [-0.25, -0.2) is 9.97 Å². The minimum absolute atomic E-state index is 0.447. The van der Waals surface area contributed by atoms with Gasteiger partial charge in [0.05, 0.1) is 6.54 Å². The van der Waals surface area contributed by atoms with Gasteiger partial charge in [0.1, 0.15) is 0 Å². The molecule has 0 bridgehead atoms. The van der Waals surface area contributed by atoms with Crippen LogP contribution in [0.15, 0.2) is 16.9 Å². The van der Waals surface area contributed by atoms with Gasteiger partial charge >= 0.3 is 0 Å². The van der Waals surface area contributed by atoms with Crippen molar-refractivity contribution >= 4 is 0 Å². The maximum absolute atomic E-state index is 5.21. The molecule has 0 atom stereocenters. The Morgan fingerprint density at radius 1 is 1.21 bits per heavy atom. The number of aromatic nitrogens is 4. The summed E-state index contributed by atoms with van der Waals surface area (Å²) < 4.78 is 5.21. The molecule has 19 heavy (non-hydrogen) atoms. The van der Waals surface area contributed by atoms with Gasteiger partial charge in [-0.05, 0) is 25.3 Å². The van der Waals surface area contributed by atoms with Gasteiger partial charge in [-0.2, -0.15) is 4.98 Å². The van der Waals surface area contributed by atoms with E-state index in [1.165, 1.54) is 25.7 Å². The van der Waals surface area contributed by atoms with Crippen LogP contribution in [0.5, 0.6) is 0 Å². The highest BCUT2D eigenvalue weighted by Crippen LogP contribution is 2.18. The molecule has 3 rings (SSSR count). The zero-order valence-electron chi connectivity index (χ0n) is 11.0. The first-order valence-corrected chi connectivity index (χ1v) is 6.66. The average molecular weight is 259 g/mol. The van der Waals surface area contributed by atoms with Gasteiger partial charge in [0, 0.05) is 18.4 Å². The Balaban J connectivity index is 1.63. The van der Waals surface area contributed by atoms with Crippen LogP contribution in [0.2, 0.25) is 0 Å². The minimum Gasteiger partial charge on any atom is -0.337 e. The van der Waals surface area contributed by atoms with E-state index in [0.29, 0.717) is 30.1 Å². The Bertz CT molecular complexity index is 530. The van der Waals surface area contributed by atoms with E-state index >= 15 is 0 Å². The molecule has 1 aliphatic rings. The molecule has 0 saturated heterocycles. The number of rotatable bonds is 4. The van der Waals surface area contributed by atoms with Crippen molar-refractivity contribution in [3.05, 3.63) is 23.8 Å². The molecule has 0 unspecified atom stereocenters. The van der Waals surface area contributed by atoms with Crippen LogP contribution in [-0.2, 0) is 6.54 Å². The lowest BCUT2D eigenvalue weighted by atomic mass is 10.2. The predicted molar refractivity (Wildman–Crippen MR) is 69.2 cm³/mol. The minimum atomic E-state index is 0.447. The Labute approximate surface area is 111 Å². The number of nitrogens with zero attached hydrogens (tertiary/aromatic N) is 4. The molecule has 0 aromatic carbocycles. The molecule has 2 heterocycles. The van der Waals surface area contributed by atoms with Crippen molar-refractivity contribution in [2.75, 3.05) is 0 Å². The summed E-state index contributed by atoms with van der Waals surface area (Å²) in [4.78, 5) is 12.7. The largest absolute Gasteiger partial charge is 0.337 e. The van der Waals surface area contributed by atoms with Crippen LogP contribution < -0.4 is 5.32 Å². The highest BCUT2D eigenvalue weighted by atomic mass is 16.5. The van der Waals surface area contributed by atoms with Crippen molar-refractivity contribution in [3.63, 3.8) is 0 Å². The average Bonchev–Trinajstić information content (AvgIpc) is 3.09. The molecule has 1 saturated carbocycles. The van der Waals surface area contributed by atoms with Crippen LogP contribution in [-0.4, -0.2) is 26.2 Å². The van der Waals surface area contributed by atoms with E-state index in [-0.39, 0.29) is 0 Å². The molecule has 0 amide bonds. The summed E-state index contributed by atoms with van der Waals surface area (Å²) in [5.41, 5.74) is 1.01. The molecular formula is C13H17N5O. The first-order chi connectivity index (χ1) is 9.31. The second kappa shape index (κ2) is 5.44. The Morgan fingerprint density at radius 2 is 1.95 bits per heavy atom. The second-order valence-corrected chi connectivity index (χ2v) is 4.96. The zero-order valence-corrected chi connectivity index (χ0v) is 11.0. The van der Waals surface area contributed by atoms with Gasteiger partial charge in [0.2, 0.25) is 17.5 Å². The number of hydrogen-bond donors (Lipinski definition) is 1. The monoisotopic (exact) mass is 259 g/mol. The maximum Gasteiger partial charge on any atom is 0.241 e. The molecule has 1 aliphatic carbocycles. The van der Waals surface area contributed by atoms with Crippen LogP contribution in [0.4, 0.5) is 0 Å². The molecule has 0 radical (unpaired) electrons. The third kappa shape index (κ3) is 2.96. The van der Waals surface area contributed by atoms with Gasteiger partial charge in [-0.15, -0.1) is 0 Å². The summed E-state index contributed by atoms with van der Waals surface area (Å²) in [5.74, 6) is 1.54. The summed E-state index contributed by atoms with van der Waals surface area (Å²) in [6, 6.07) is 0.589. The van der Waals surface area contributed by atoms with E-state index in [9.17, 15) is 0 Å². The lowest BCUT2D eigenvalue weighted by molar-refractivity contribution is 0.357. The number of aryl methyl sites for hydroxylation is 1. The predicted octanol–water partition coefficient (Wildman–Crippen LogP) is 1.87. The first kappa shape index (κ1) is 12.2. The Hall–Kier alpha value is -1.82. The molecule has 100 valence electrons. The highest BCUT2D eigenvalue weighted by Gasteiger charge is 2.16. The third-order valence-electron chi connectivity index (χ3n) is 3.35. The quantitative estimate of drug-likeness (QED) is 0.903. The van der Waals surface area contributed by atoms with Crippen LogP contribution in [0.25, 0.3) is 11.6 Å². The van der Waals surface area contributed by atoms with Crippen molar-refractivity contribution < 1.29 is 4.52 Å². The van der Waals surface area contributed by atoms with Gasteiger partial charge < -0.3 is 9.84 Å². The smallest absolute Gasteiger partial charge is 0.241 e. The van der Waals surface area contributed by atoms with Crippen molar-refractivity contribution in [3.8, 4) is 11.6 Å². The lowest BCUT2D eigenvalue weighted by Crippen LogP contribution is -2.25. The molecule has 1 N–H and O–H groups in total. The fraction of sp³-hybridized carbons (Fsp3) is 0.538. The van der Waals surface area contributed by atoms with Crippen LogP contribution in [0, 0.1) is 6.92 Å². The van der Waals surface area contributed by atoms with Gasteiger partial charge in [-0.1, -0.05) is 18.0 Å². The van der Waals surface area contributed by atoms with Crippen molar-refractivity contribution in [2.24, 2.45) is 0 Å². The molecule has 2 aromatic rings. The highest BCUT2D eigenvalue weighted by molar-refractivity contribution is 5.40. The van der Waals surface area contributed by atoms with Crippen LogP contribution in [0.3, 0.4) is 0 Å². The number of nitrogens with one attached hydrogen (secondary N) is 1. The van der Waals surface area contributed by atoms with Crippen LogP contribution in [0.1, 0.15) is 37.1 Å². The number of hydrogen-bond acceptors (Lipinski definition) is 6. The fourth-order valence-corrected chi connectivity index (χ4v) is 2.29. The normalized spacial score (nSPS) is 16.1. The SMILES string of the molecule is Cc1cnc(-c2noc(CNC3CCCC3)n2)nc1. The Morgan fingerprint density at radius 3 is 2.68 bits per heavy atom. The summed E-state index contributed by atoms with van der Waals surface area (Å²) in [5, 5.41) is 7.34. The summed E-state index contributed by atoms with van der Waals surface area (Å²) in [6.07, 6.45) is 8.59. The van der Waals surface area contributed by atoms with E-state index in [1.807, 2.05) is 6.92 Å². The molecule has 6 nitrogen and oxygen atoms in total. The first-order valence-electron chi connectivity index (χ1n) is 6.66. The topological polar surface area (TPSA) is 76.7 Å². The molecule has 6 heteroatoms. The molecule has 1 fully saturated rings. The van der Waals surface area contributed by atoms with E-state index < -0.39 is 0 Å². The van der Waals surface area contributed by atoms with Gasteiger partial charge in [0.15, 0.2) is 0 Å². The molecule has 2 aromatic heterocycles. The van der Waals surface area contributed by atoms with Crippen LogP contribution >= 0.6 is 0 Å². The van der Waals surface area contributed by atoms with Crippen molar-refractivity contribution in [2.45, 2.75) is 45.2 Å².